The molecular weight excluding hydrogens is 218 g/mol. The Balaban J connectivity index is 0.000000321. The molecule has 0 aromatic carbocycles. The number of allylic oxidation sites excluding steroid dienone is 5. The summed E-state index contributed by atoms with van der Waals surface area (Å²) >= 11 is 0. The molecule has 1 aromatic rings. The van der Waals surface area contributed by atoms with Crippen molar-refractivity contribution >= 4 is 6.08 Å². The Bertz CT molecular complexity index is 410. The van der Waals surface area contributed by atoms with Gasteiger partial charge in [0, 0.05) is 12.4 Å². The maximum atomic E-state index is 3.89. The van der Waals surface area contributed by atoms with Gasteiger partial charge in [0.1, 0.15) is 0 Å². The third kappa shape index (κ3) is 8.28. The molecule has 0 radical (unpaired) electrons. The van der Waals surface area contributed by atoms with Crippen LogP contribution in [0.1, 0.15) is 32.8 Å². The largest absolute Gasteiger partial charge is 0.265 e. The van der Waals surface area contributed by atoms with E-state index in [9.17, 15) is 0 Å². The van der Waals surface area contributed by atoms with E-state index in [1.807, 2.05) is 44.2 Å². The minimum absolute atomic E-state index is 1.02. The number of aromatic nitrogens is 1. The Kier molecular flexibility index (Phi) is 9.20. The summed E-state index contributed by atoms with van der Waals surface area (Å²) in [6.45, 7) is 13.6. The van der Waals surface area contributed by atoms with E-state index in [1.54, 1.807) is 12.4 Å². The summed E-state index contributed by atoms with van der Waals surface area (Å²) in [5.74, 6) is 0. The summed E-state index contributed by atoms with van der Waals surface area (Å²) in [6.07, 6.45) is 12.8. The zero-order valence-electron chi connectivity index (χ0n) is 11.7. The third-order valence-electron chi connectivity index (χ3n) is 2.17. The van der Waals surface area contributed by atoms with E-state index in [0.717, 1.165) is 17.6 Å². The molecule has 0 unspecified atom stereocenters. The van der Waals surface area contributed by atoms with Crippen molar-refractivity contribution < 1.29 is 0 Å². The van der Waals surface area contributed by atoms with E-state index in [1.165, 1.54) is 5.56 Å². The van der Waals surface area contributed by atoms with Gasteiger partial charge >= 0.3 is 0 Å². The smallest absolute Gasteiger partial charge is 0.0273 e. The Hall–Kier alpha value is -1.89. The second-order valence-electron chi connectivity index (χ2n) is 3.90. The summed E-state index contributed by atoms with van der Waals surface area (Å²) < 4.78 is 0. The first-order valence-corrected chi connectivity index (χ1v) is 6.15. The number of hydrogen-bond donors (Lipinski definition) is 0. The molecule has 0 fully saturated rings. The lowest BCUT2D eigenvalue weighted by Gasteiger charge is -1.93. The Labute approximate surface area is 111 Å². The van der Waals surface area contributed by atoms with Crippen LogP contribution in [-0.2, 0) is 0 Å². The third-order valence-corrected chi connectivity index (χ3v) is 2.17. The Morgan fingerprint density at radius 3 is 2.33 bits per heavy atom. The molecule has 1 aromatic heterocycles. The Morgan fingerprint density at radius 2 is 1.89 bits per heavy atom. The molecule has 1 heteroatoms. The topological polar surface area (TPSA) is 12.9 Å². The molecule has 0 amide bonds. The first-order valence-electron chi connectivity index (χ1n) is 6.15. The minimum Gasteiger partial charge on any atom is -0.265 e. The van der Waals surface area contributed by atoms with Crippen molar-refractivity contribution in [2.75, 3.05) is 0 Å². The summed E-state index contributed by atoms with van der Waals surface area (Å²) in [4.78, 5) is 3.89. The first-order chi connectivity index (χ1) is 8.61. The molecule has 0 aliphatic carbocycles. The van der Waals surface area contributed by atoms with Crippen molar-refractivity contribution in [1.82, 2.24) is 4.98 Å². The molecule has 1 heterocycles. The van der Waals surface area contributed by atoms with Crippen molar-refractivity contribution in [2.24, 2.45) is 0 Å². The van der Waals surface area contributed by atoms with Crippen molar-refractivity contribution in [3.05, 3.63) is 72.6 Å². The van der Waals surface area contributed by atoms with Crippen molar-refractivity contribution in [3.63, 3.8) is 0 Å². The summed E-state index contributed by atoms with van der Waals surface area (Å²) in [5, 5.41) is 0. The molecular formula is C17H23N. The highest BCUT2D eigenvalue weighted by atomic mass is 14.6. The summed E-state index contributed by atoms with van der Waals surface area (Å²) in [6, 6.07) is 3.94. The normalized spacial score (nSPS) is 10.2. The molecule has 0 saturated heterocycles. The monoisotopic (exact) mass is 241 g/mol. The fraction of sp³-hybridized carbons (Fsp3) is 0.235. The molecule has 0 aliphatic heterocycles. The molecule has 0 saturated carbocycles. The van der Waals surface area contributed by atoms with E-state index in [4.69, 9.17) is 0 Å². The van der Waals surface area contributed by atoms with Gasteiger partial charge in [0.25, 0.3) is 0 Å². The van der Waals surface area contributed by atoms with Gasteiger partial charge in [-0.25, -0.2) is 0 Å². The van der Waals surface area contributed by atoms with E-state index < -0.39 is 0 Å². The van der Waals surface area contributed by atoms with Gasteiger partial charge in [0.05, 0.1) is 0 Å². The van der Waals surface area contributed by atoms with Crippen LogP contribution in [0, 0.1) is 0 Å². The number of rotatable bonds is 4. The molecule has 0 aliphatic rings. The van der Waals surface area contributed by atoms with Crippen LogP contribution in [0.5, 0.6) is 0 Å². The van der Waals surface area contributed by atoms with Gasteiger partial charge in [-0.15, -0.1) is 0 Å². The maximum absolute atomic E-state index is 3.89. The predicted octanol–water partition coefficient (Wildman–Crippen LogP) is 5.20. The lowest BCUT2D eigenvalue weighted by molar-refractivity contribution is 1.22. The summed E-state index contributed by atoms with van der Waals surface area (Å²) in [5.41, 5.74) is 3.27. The van der Waals surface area contributed by atoms with E-state index in [2.05, 4.69) is 31.1 Å². The van der Waals surface area contributed by atoms with Gasteiger partial charge in [-0.05, 0) is 43.5 Å². The lowest BCUT2D eigenvalue weighted by Crippen LogP contribution is -1.73. The van der Waals surface area contributed by atoms with Crippen LogP contribution in [0.3, 0.4) is 0 Å². The van der Waals surface area contributed by atoms with Gasteiger partial charge in [0.15, 0.2) is 0 Å². The predicted molar refractivity (Wildman–Crippen MR) is 82.3 cm³/mol. The molecule has 0 N–H and O–H groups in total. The van der Waals surface area contributed by atoms with Gasteiger partial charge in [-0.3, -0.25) is 4.98 Å². The fourth-order valence-electron chi connectivity index (χ4n) is 1.07. The molecule has 96 valence electrons. The fourth-order valence-corrected chi connectivity index (χ4v) is 1.07. The second-order valence-corrected chi connectivity index (χ2v) is 3.90. The average molecular weight is 241 g/mol. The second kappa shape index (κ2) is 10.3. The maximum Gasteiger partial charge on any atom is 0.0273 e. The highest BCUT2D eigenvalue weighted by Crippen LogP contribution is 2.04. The zero-order valence-corrected chi connectivity index (χ0v) is 11.7. The van der Waals surface area contributed by atoms with Crippen LogP contribution in [0.2, 0.25) is 0 Å². The van der Waals surface area contributed by atoms with Gasteiger partial charge in [0.2, 0.25) is 0 Å². The quantitative estimate of drug-likeness (QED) is 0.660. The summed E-state index contributed by atoms with van der Waals surface area (Å²) in [7, 11) is 0. The van der Waals surface area contributed by atoms with Gasteiger partial charge in [-0.2, -0.15) is 0 Å². The molecule has 18 heavy (non-hydrogen) atoms. The highest BCUT2D eigenvalue weighted by molar-refractivity contribution is 5.47. The number of hydrogen-bond acceptors (Lipinski definition) is 1. The Morgan fingerprint density at radius 1 is 1.28 bits per heavy atom. The van der Waals surface area contributed by atoms with Crippen LogP contribution in [0.25, 0.3) is 6.08 Å². The minimum atomic E-state index is 1.02. The van der Waals surface area contributed by atoms with Crippen molar-refractivity contribution in [3.8, 4) is 0 Å². The van der Waals surface area contributed by atoms with Crippen LogP contribution in [0.4, 0.5) is 0 Å². The highest BCUT2D eigenvalue weighted by Gasteiger charge is 1.84. The number of nitrogens with zero attached hydrogens (tertiary/aromatic N) is 1. The number of pyridine rings is 1. The zero-order chi connectivity index (χ0) is 13.8. The van der Waals surface area contributed by atoms with Crippen molar-refractivity contribution in [2.45, 2.75) is 27.2 Å². The SMILES string of the molecule is C/C=C/c1ccncc1.C=C(C)C(=C)/C=C\CC. The molecule has 1 nitrogen and oxygen atoms in total. The average Bonchev–Trinajstić information content (AvgIpc) is 2.38. The molecule has 0 atom stereocenters. The van der Waals surface area contributed by atoms with Crippen LogP contribution >= 0.6 is 0 Å². The van der Waals surface area contributed by atoms with Crippen molar-refractivity contribution in [1.29, 1.82) is 0 Å². The molecule has 0 bridgehead atoms. The van der Waals surface area contributed by atoms with Gasteiger partial charge in [-0.1, -0.05) is 50.0 Å². The van der Waals surface area contributed by atoms with E-state index in [0.29, 0.717) is 0 Å². The molecule has 1 rings (SSSR count). The first kappa shape index (κ1) is 16.1. The van der Waals surface area contributed by atoms with Crippen LogP contribution < -0.4 is 0 Å². The van der Waals surface area contributed by atoms with E-state index in [-0.39, 0.29) is 0 Å². The standard InChI is InChI=1S/C9H14.C8H9N/c1-5-6-7-9(4)8(2)3;1-2-3-8-4-6-9-7-5-8/h6-7H,2,4-5H2,1,3H3;2-7H,1H3/b7-6-;3-2+. The van der Waals surface area contributed by atoms with Crippen LogP contribution in [-0.4, -0.2) is 4.98 Å². The van der Waals surface area contributed by atoms with Crippen LogP contribution in [0.15, 0.2) is 67.1 Å². The van der Waals surface area contributed by atoms with Gasteiger partial charge < -0.3 is 0 Å². The lowest BCUT2D eigenvalue weighted by atomic mass is 10.1. The molecule has 0 spiro atoms. The van der Waals surface area contributed by atoms with E-state index >= 15 is 0 Å².